The Balaban J connectivity index is 1.57. The van der Waals surface area contributed by atoms with Crippen molar-refractivity contribution >= 4 is 21.9 Å². The number of benzene rings is 1. The molecule has 9 heteroatoms. The molecule has 0 bridgehead atoms. The summed E-state index contributed by atoms with van der Waals surface area (Å²) in [5.74, 6) is -0.470. The number of carbonyl (C=O) groups excluding carboxylic acids is 2. The number of carbonyl (C=O) groups is 2. The highest BCUT2D eigenvalue weighted by Gasteiger charge is 2.32. The molecule has 0 radical (unpaired) electrons. The van der Waals surface area contributed by atoms with Crippen molar-refractivity contribution in [2.75, 3.05) is 26.2 Å². The summed E-state index contributed by atoms with van der Waals surface area (Å²) in [6, 6.07) is 5.68. The average Bonchev–Trinajstić information content (AvgIpc) is 3.48. The standard InChI is InChI=1S/C19H26N2O6S/c1-13-10-21(11-14(2)27-13)28(24,25)17-7-5-16(6-8-17)19(23)20-9-18(22)26-12-15-3-4-15/h5-8,13-15H,3-4,9-12H2,1-2H3,(H,20,23). The Bertz CT molecular complexity index is 809. The molecule has 2 atom stereocenters. The maximum absolute atomic E-state index is 12.8. The van der Waals surface area contributed by atoms with Crippen molar-refractivity contribution in [3.8, 4) is 0 Å². The summed E-state index contributed by atoms with van der Waals surface area (Å²) < 4.78 is 37.7. The predicted octanol–water partition coefficient (Wildman–Crippen LogP) is 1.17. The summed E-state index contributed by atoms with van der Waals surface area (Å²) in [4.78, 5) is 23.9. The van der Waals surface area contributed by atoms with E-state index >= 15 is 0 Å². The van der Waals surface area contributed by atoms with Gasteiger partial charge in [0, 0.05) is 18.7 Å². The third-order valence-corrected chi connectivity index (χ3v) is 6.56. The SMILES string of the molecule is CC1CN(S(=O)(=O)c2ccc(C(=O)NCC(=O)OCC3CC3)cc2)CC(C)O1. The zero-order chi connectivity index (χ0) is 20.3. The molecule has 1 heterocycles. The molecular formula is C19H26N2O6S. The monoisotopic (exact) mass is 410 g/mol. The molecule has 1 aromatic rings. The van der Waals surface area contributed by atoms with Crippen LogP contribution in [0.1, 0.15) is 37.0 Å². The number of hydrogen-bond donors (Lipinski definition) is 1. The van der Waals surface area contributed by atoms with E-state index in [-0.39, 0.29) is 42.3 Å². The van der Waals surface area contributed by atoms with Crippen LogP contribution in [0, 0.1) is 5.92 Å². The van der Waals surface area contributed by atoms with Gasteiger partial charge in [-0.05, 0) is 56.9 Å². The Morgan fingerprint density at radius 1 is 1.14 bits per heavy atom. The number of hydrogen-bond acceptors (Lipinski definition) is 6. The van der Waals surface area contributed by atoms with Gasteiger partial charge in [-0.25, -0.2) is 8.42 Å². The lowest BCUT2D eigenvalue weighted by molar-refractivity contribution is -0.142. The molecule has 8 nitrogen and oxygen atoms in total. The van der Waals surface area contributed by atoms with Gasteiger partial charge in [0.2, 0.25) is 10.0 Å². The molecule has 28 heavy (non-hydrogen) atoms. The van der Waals surface area contributed by atoms with Crippen molar-refractivity contribution in [3.63, 3.8) is 0 Å². The topological polar surface area (TPSA) is 102 Å². The molecule has 1 saturated heterocycles. The van der Waals surface area contributed by atoms with Gasteiger partial charge in [0.15, 0.2) is 0 Å². The van der Waals surface area contributed by atoms with Crippen LogP contribution in [-0.4, -0.2) is 63.0 Å². The molecule has 1 aliphatic heterocycles. The van der Waals surface area contributed by atoms with Gasteiger partial charge in [0.25, 0.3) is 5.91 Å². The maximum atomic E-state index is 12.8. The summed E-state index contributed by atoms with van der Waals surface area (Å²) in [6.07, 6.45) is 1.81. The number of esters is 1. The first-order valence-electron chi connectivity index (χ1n) is 9.45. The Labute approximate surface area is 165 Å². The van der Waals surface area contributed by atoms with E-state index in [2.05, 4.69) is 5.32 Å². The van der Waals surface area contributed by atoms with Crippen LogP contribution in [0.3, 0.4) is 0 Å². The van der Waals surface area contributed by atoms with Crippen LogP contribution in [0.2, 0.25) is 0 Å². The smallest absolute Gasteiger partial charge is 0.325 e. The first-order valence-corrected chi connectivity index (χ1v) is 10.9. The van der Waals surface area contributed by atoms with Crippen LogP contribution in [-0.2, 0) is 24.3 Å². The van der Waals surface area contributed by atoms with E-state index in [1.54, 1.807) is 0 Å². The minimum atomic E-state index is -3.66. The molecule has 1 aliphatic carbocycles. The molecule has 0 spiro atoms. The number of ether oxygens (including phenoxy) is 2. The molecule has 154 valence electrons. The van der Waals surface area contributed by atoms with Crippen molar-refractivity contribution in [2.45, 2.75) is 43.8 Å². The summed E-state index contributed by atoms with van der Waals surface area (Å²) in [5.41, 5.74) is 0.276. The van der Waals surface area contributed by atoms with Crippen molar-refractivity contribution in [3.05, 3.63) is 29.8 Å². The lowest BCUT2D eigenvalue weighted by atomic mass is 10.2. The van der Waals surface area contributed by atoms with Crippen LogP contribution < -0.4 is 5.32 Å². The summed E-state index contributed by atoms with van der Waals surface area (Å²) in [7, 11) is -3.66. The van der Waals surface area contributed by atoms with E-state index in [0.29, 0.717) is 12.5 Å². The van der Waals surface area contributed by atoms with Gasteiger partial charge in [-0.1, -0.05) is 0 Å². The predicted molar refractivity (Wildman–Crippen MR) is 101 cm³/mol. The number of nitrogens with one attached hydrogen (secondary N) is 1. The minimum absolute atomic E-state index is 0.120. The normalized spacial score (nSPS) is 23.2. The van der Waals surface area contributed by atoms with Crippen molar-refractivity contribution in [1.29, 1.82) is 0 Å². The molecule has 2 aliphatic rings. The second kappa shape index (κ2) is 8.59. The molecule has 2 unspecified atom stereocenters. The number of sulfonamides is 1. The van der Waals surface area contributed by atoms with Gasteiger partial charge in [-0.15, -0.1) is 0 Å². The Morgan fingerprint density at radius 3 is 2.32 bits per heavy atom. The number of amides is 1. The van der Waals surface area contributed by atoms with Crippen molar-refractivity contribution in [2.24, 2.45) is 5.92 Å². The van der Waals surface area contributed by atoms with Gasteiger partial charge in [0.1, 0.15) is 6.54 Å². The number of nitrogens with zero attached hydrogens (tertiary/aromatic N) is 1. The summed E-state index contributed by atoms with van der Waals surface area (Å²) in [5, 5.41) is 2.49. The fraction of sp³-hybridized carbons (Fsp3) is 0.579. The zero-order valence-corrected chi connectivity index (χ0v) is 16.9. The van der Waals surface area contributed by atoms with E-state index < -0.39 is 21.9 Å². The highest BCUT2D eigenvalue weighted by molar-refractivity contribution is 7.89. The van der Waals surface area contributed by atoms with Gasteiger partial charge < -0.3 is 14.8 Å². The number of rotatable bonds is 7. The minimum Gasteiger partial charge on any atom is -0.464 e. The third kappa shape index (κ3) is 5.30. The molecule has 1 amide bonds. The van der Waals surface area contributed by atoms with Gasteiger partial charge >= 0.3 is 5.97 Å². The van der Waals surface area contributed by atoms with Crippen LogP contribution in [0.4, 0.5) is 0 Å². The first kappa shape index (κ1) is 20.8. The fourth-order valence-electron chi connectivity index (χ4n) is 3.06. The molecule has 2 fully saturated rings. The van der Waals surface area contributed by atoms with Crippen molar-refractivity contribution in [1.82, 2.24) is 9.62 Å². The van der Waals surface area contributed by atoms with E-state index in [4.69, 9.17) is 9.47 Å². The summed E-state index contributed by atoms with van der Waals surface area (Å²) >= 11 is 0. The van der Waals surface area contributed by atoms with Crippen LogP contribution >= 0.6 is 0 Å². The Hall–Kier alpha value is -1.97. The van der Waals surface area contributed by atoms with Crippen LogP contribution in [0.15, 0.2) is 29.2 Å². The van der Waals surface area contributed by atoms with E-state index in [0.717, 1.165) is 12.8 Å². The lowest BCUT2D eigenvalue weighted by Gasteiger charge is -2.34. The molecule has 3 rings (SSSR count). The van der Waals surface area contributed by atoms with E-state index in [1.165, 1.54) is 28.6 Å². The zero-order valence-electron chi connectivity index (χ0n) is 16.1. The van der Waals surface area contributed by atoms with Gasteiger partial charge in [-0.3, -0.25) is 9.59 Å². The lowest BCUT2D eigenvalue weighted by Crippen LogP contribution is -2.48. The highest BCUT2D eigenvalue weighted by Crippen LogP contribution is 2.28. The second-order valence-corrected chi connectivity index (χ2v) is 9.35. The van der Waals surface area contributed by atoms with Crippen LogP contribution in [0.5, 0.6) is 0 Å². The molecule has 1 saturated carbocycles. The van der Waals surface area contributed by atoms with Gasteiger partial charge in [0.05, 0.1) is 23.7 Å². The molecular weight excluding hydrogens is 384 g/mol. The molecule has 1 aromatic carbocycles. The van der Waals surface area contributed by atoms with E-state index in [9.17, 15) is 18.0 Å². The molecule has 0 aromatic heterocycles. The molecule has 1 N–H and O–H groups in total. The maximum Gasteiger partial charge on any atom is 0.325 e. The Kier molecular flexibility index (Phi) is 6.36. The summed E-state index contributed by atoms with van der Waals surface area (Å²) in [6.45, 7) is 4.44. The third-order valence-electron chi connectivity index (χ3n) is 4.71. The highest BCUT2D eigenvalue weighted by atomic mass is 32.2. The van der Waals surface area contributed by atoms with Gasteiger partial charge in [-0.2, -0.15) is 4.31 Å². The van der Waals surface area contributed by atoms with Crippen LogP contribution in [0.25, 0.3) is 0 Å². The largest absolute Gasteiger partial charge is 0.464 e. The first-order chi connectivity index (χ1) is 13.3. The van der Waals surface area contributed by atoms with E-state index in [1.807, 2.05) is 13.8 Å². The quantitative estimate of drug-likeness (QED) is 0.677. The Morgan fingerprint density at radius 2 is 1.75 bits per heavy atom. The average molecular weight is 410 g/mol. The fourth-order valence-corrected chi connectivity index (χ4v) is 4.65. The second-order valence-electron chi connectivity index (χ2n) is 7.41. The van der Waals surface area contributed by atoms with Crippen molar-refractivity contribution < 1.29 is 27.5 Å². The number of morpholine rings is 1.